The molecule has 2 aliphatic rings. The minimum Gasteiger partial charge on any atom is -0.497 e. The molecule has 0 saturated carbocycles. The maximum Gasteiger partial charge on any atom is 0.228 e. The van der Waals surface area contributed by atoms with Crippen molar-refractivity contribution in [3.05, 3.63) is 24.3 Å². The number of anilines is 1. The number of nitrogens with one attached hydrogen (secondary N) is 1. The van der Waals surface area contributed by atoms with Gasteiger partial charge < -0.3 is 19.9 Å². The van der Waals surface area contributed by atoms with Crippen LogP contribution >= 0.6 is 0 Å². The van der Waals surface area contributed by atoms with Crippen LogP contribution in [0.2, 0.25) is 0 Å². The van der Waals surface area contributed by atoms with Gasteiger partial charge in [-0.25, -0.2) is 0 Å². The van der Waals surface area contributed by atoms with E-state index in [-0.39, 0.29) is 23.8 Å². The van der Waals surface area contributed by atoms with Gasteiger partial charge in [-0.2, -0.15) is 0 Å². The molecule has 1 N–H and O–H groups in total. The minimum absolute atomic E-state index is 0.0166. The van der Waals surface area contributed by atoms with Gasteiger partial charge in [-0.15, -0.1) is 0 Å². The van der Waals surface area contributed by atoms with Gasteiger partial charge in [0.05, 0.1) is 13.0 Å². The first-order valence-corrected chi connectivity index (χ1v) is 8.53. The molecule has 0 aromatic heterocycles. The van der Waals surface area contributed by atoms with Crippen molar-refractivity contribution in [3.8, 4) is 5.75 Å². The van der Waals surface area contributed by atoms with Gasteiger partial charge in [-0.05, 0) is 44.2 Å². The fourth-order valence-electron chi connectivity index (χ4n) is 3.69. The third-order valence-corrected chi connectivity index (χ3v) is 4.96. The largest absolute Gasteiger partial charge is 0.497 e. The summed E-state index contributed by atoms with van der Waals surface area (Å²) in [4.78, 5) is 28.9. The number of hydrogen-bond acceptors (Lipinski definition) is 4. The SMILES string of the molecule is CNCC1CCCN1C(=O)C1CC(=O)N(c2ccc(OC)cc2)C1. The number of amides is 2. The molecule has 1 aromatic carbocycles. The number of likely N-dealkylation sites (N-methyl/N-ethyl adjacent to an activating group) is 1. The summed E-state index contributed by atoms with van der Waals surface area (Å²) in [5, 5.41) is 3.16. The van der Waals surface area contributed by atoms with Crippen LogP contribution in [0.25, 0.3) is 0 Å². The second-order valence-corrected chi connectivity index (χ2v) is 6.49. The molecule has 0 aliphatic carbocycles. The number of methoxy groups -OCH3 is 1. The van der Waals surface area contributed by atoms with Crippen LogP contribution in [0.15, 0.2) is 24.3 Å². The standard InChI is InChI=1S/C18H25N3O3/c1-19-11-15-4-3-9-20(15)18(23)13-10-17(22)21(12-13)14-5-7-16(24-2)8-6-14/h5-8,13,15,19H,3-4,9-12H2,1-2H3. The van der Waals surface area contributed by atoms with Crippen molar-refractivity contribution in [2.45, 2.75) is 25.3 Å². The molecule has 24 heavy (non-hydrogen) atoms. The Labute approximate surface area is 142 Å². The van der Waals surface area contributed by atoms with Gasteiger partial charge >= 0.3 is 0 Å². The van der Waals surface area contributed by atoms with Gasteiger partial charge in [-0.1, -0.05) is 0 Å². The minimum atomic E-state index is -0.239. The molecule has 2 fully saturated rings. The van der Waals surface area contributed by atoms with Crippen molar-refractivity contribution < 1.29 is 14.3 Å². The Kier molecular flexibility index (Phi) is 5.04. The first-order valence-electron chi connectivity index (χ1n) is 8.53. The molecule has 2 saturated heterocycles. The number of nitrogens with zero attached hydrogens (tertiary/aromatic N) is 2. The Hall–Kier alpha value is -2.08. The first kappa shape index (κ1) is 16.8. The number of hydrogen-bond donors (Lipinski definition) is 1. The molecular weight excluding hydrogens is 306 g/mol. The lowest BCUT2D eigenvalue weighted by atomic mass is 10.1. The summed E-state index contributed by atoms with van der Waals surface area (Å²) in [5.41, 5.74) is 0.823. The Morgan fingerprint density at radius 2 is 2.08 bits per heavy atom. The van der Waals surface area contributed by atoms with Crippen molar-refractivity contribution >= 4 is 17.5 Å². The lowest BCUT2D eigenvalue weighted by molar-refractivity contribution is -0.136. The number of likely N-dealkylation sites (tertiary alicyclic amines) is 1. The van der Waals surface area contributed by atoms with Crippen LogP contribution in [-0.4, -0.2) is 56.5 Å². The Morgan fingerprint density at radius 1 is 1.33 bits per heavy atom. The molecule has 0 radical (unpaired) electrons. The highest BCUT2D eigenvalue weighted by Gasteiger charge is 2.40. The van der Waals surface area contributed by atoms with Crippen LogP contribution < -0.4 is 15.0 Å². The number of carbonyl (C=O) groups excluding carboxylic acids is 2. The molecule has 130 valence electrons. The van der Waals surface area contributed by atoms with E-state index in [1.54, 1.807) is 12.0 Å². The molecule has 3 rings (SSSR count). The summed E-state index contributed by atoms with van der Waals surface area (Å²) < 4.78 is 5.15. The molecule has 2 amide bonds. The maximum atomic E-state index is 12.9. The van der Waals surface area contributed by atoms with Crippen molar-refractivity contribution in [2.24, 2.45) is 5.92 Å². The molecule has 0 bridgehead atoms. The van der Waals surface area contributed by atoms with Gasteiger partial charge in [0.1, 0.15) is 5.75 Å². The second kappa shape index (κ2) is 7.21. The maximum absolute atomic E-state index is 12.9. The number of benzene rings is 1. The molecular formula is C18H25N3O3. The molecule has 0 spiro atoms. The average molecular weight is 331 g/mol. The fraction of sp³-hybridized carbons (Fsp3) is 0.556. The zero-order chi connectivity index (χ0) is 17.1. The third-order valence-electron chi connectivity index (χ3n) is 4.96. The lowest BCUT2D eigenvalue weighted by Gasteiger charge is -2.27. The molecule has 2 unspecified atom stereocenters. The molecule has 2 aliphatic heterocycles. The van der Waals surface area contributed by atoms with Gasteiger partial charge in [0.2, 0.25) is 11.8 Å². The smallest absolute Gasteiger partial charge is 0.228 e. The van der Waals surface area contributed by atoms with E-state index in [0.29, 0.717) is 13.0 Å². The summed E-state index contributed by atoms with van der Waals surface area (Å²) in [6, 6.07) is 7.65. The monoisotopic (exact) mass is 331 g/mol. The van der Waals surface area contributed by atoms with E-state index in [1.165, 1.54) is 0 Å². The zero-order valence-corrected chi connectivity index (χ0v) is 14.3. The van der Waals surface area contributed by atoms with Crippen LogP contribution in [0.3, 0.4) is 0 Å². The molecule has 1 aromatic rings. The summed E-state index contributed by atoms with van der Waals surface area (Å²) >= 11 is 0. The highest BCUT2D eigenvalue weighted by atomic mass is 16.5. The highest BCUT2D eigenvalue weighted by Crippen LogP contribution is 2.29. The van der Waals surface area contributed by atoms with Crippen molar-refractivity contribution in [2.75, 3.05) is 38.7 Å². The summed E-state index contributed by atoms with van der Waals surface area (Å²) in [5.74, 6) is 0.655. The van der Waals surface area contributed by atoms with Crippen molar-refractivity contribution in [1.29, 1.82) is 0 Å². The topological polar surface area (TPSA) is 61.9 Å². The van der Waals surface area contributed by atoms with E-state index in [9.17, 15) is 9.59 Å². The van der Waals surface area contributed by atoms with Crippen LogP contribution in [0.4, 0.5) is 5.69 Å². The summed E-state index contributed by atoms with van der Waals surface area (Å²) in [6.45, 7) is 2.08. The first-order chi connectivity index (χ1) is 11.6. The Morgan fingerprint density at radius 3 is 2.75 bits per heavy atom. The fourth-order valence-corrected chi connectivity index (χ4v) is 3.69. The molecule has 6 nitrogen and oxygen atoms in total. The number of rotatable bonds is 5. The molecule has 2 heterocycles. The van der Waals surface area contributed by atoms with E-state index >= 15 is 0 Å². The van der Waals surface area contributed by atoms with Gasteiger partial charge in [0.15, 0.2) is 0 Å². The van der Waals surface area contributed by atoms with Crippen molar-refractivity contribution in [3.63, 3.8) is 0 Å². The summed E-state index contributed by atoms with van der Waals surface area (Å²) in [7, 11) is 3.52. The number of ether oxygens (including phenoxy) is 1. The van der Waals surface area contributed by atoms with Gasteiger partial charge in [0, 0.05) is 37.8 Å². The highest BCUT2D eigenvalue weighted by molar-refractivity contribution is 6.00. The van der Waals surface area contributed by atoms with E-state index in [4.69, 9.17) is 4.74 Å². The predicted molar refractivity (Wildman–Crippen MR) is 92.1 cm³/mol. The van der Waals surface area contributed by atoms with Crippen LogP contribution in [-0.2, 0) is 9.59 Å². The van der Waals surface area contributed by atoms with E-state index in [2.05, 4.69) is 5.32 Å². The second-order valence-electron chi connectivity index (χ2n) is 6.49. The third kappa shape index (κ3) is 3.24. The average Bonchev–Trinajstić information content (AvgIpc) is 3.21. The normalized spacial score (nSPS) is 23.8. The summed E-state index contributed by atoms with van der Waals surface area (Å²) in [6.07, 6.45) is 2.38. The Bertz CT molecular complexity index is 602. The number of carbonyl (C=O) groups is 2. The van der Waals surface area contributed by atoms with Crippen molar-refractivity contribution in [1.82, 2.24) is 10.2 Å². The van der Waals surface area contributed by atoms with Crippen LogP contribution in [0.5, 0.6) is 5.75 Å². The van der Waals surface area contributed by atoms with E-state index in [1.807, 2.05) is 36.2 Å². The lowest BCUT2D eigenvalue weighted by Crippen LogP contribution is -2.44. The zero-order valence-electron chi connectivity index (χ0n) is 14.3. The van der Waals surface area contributed by atoms with E-state index in [0.717, 1.165) is 37.4 Å². The molecule has 2 atom stereocenters. The predicted octanol–water partition coefficient (Wildman–Crippen LogP) is 1.26. The van der Waals surface area contributed by atoms with Crippen LogP contribution in [0, 0.1) is 5.92 Å². The molecule has 6 heteroatoms. The van der Waals surface area contributed by atoms with Gasteiger partial charge in [-0.3, -0.25) is 9.59 Å². The van der Waals surface area contributed by atoms with Gasteiger partial charge in [0.25, 0.3) is 0 Å². The van der Waals surface area contributed by atoms with E-state index < -0.39 is 0 Å². The Balaban J connectivity index is 1.68. The quantitative estimate of drug-likeness (QED) is 0.882. The van der Waals surface area contributed by atoms with Crippen LogP contribution in [0.1, 0.15) is 19.3 Å².